The lowest BCUT2D eigenvalue weighted by Gasteiger charge is -2.21. The van der Waals surface area contributed by atoms with Crippen LogP contribution in [0.1, 0.15) is 15.9 Å². The third-order valence-electron chi connectivity index (χ3n) is 3.92. The summed E-state index contributed by atoms with van der Waals surface area (Å²) in [6.45, 7) is 0.688. The molecule has 2 aromatic carbocycles. The van der Waals surface area contributed by atoms with Crippen molar-refractivity contribution in [3.63, 3.8) is 0 Å². The van der Waals surface area contributed by atoms with Gasteiger partial charge < -0.3 is 14.4 Å². The standard InChI is InChI=1S/C20H25NO3/c1-21(2)14-17(10-15-8-6-5-7-9-15)20(22)16-11-18(23-3)13-19(12-16)24-4/h5-9,11-13,17H,10,14H2,1-4H3/t17-/m0/s1. The molecular weight excluding hydrogens is 302 g/mol. The molecule has 0 aliphatic carbocycles. The van der Waals surface area contributed by atoms with Gasteiger partial charge in [-0.3, -0.25) is 4.79 Å². The molecule has 2 aromatic rings. The molecule has 24 heavy (non-hydrogen) atoms. The van der Waals surface area contributed by atoms with E-state index in [1.165, 1.54) is 0 Å². The highest BCUT2D eigenvalue weighted by atomic mass is 16.5. The average Bonchev–Trinajstić information content (AvgIpc) is 2.60. The molecule has 0 aliphatic rings. The molecule has 0 amide bonds. The van der Waals surface area contributed by atoms with E-state index in [0.717, 1.165) is 5.56 Å². The summed E-state index contributed by atoms with van der Waals surface area (Å²) >= 11 is 0. The molecule has 128 valence electrons. The van der Waals surface area contributed by atoms with E-state index in [1.54, 1.807) is 32.4 Å². The molecule has 0 saturated heterocycles. The van der Waals surface area contributed by atoms with Crippen LogP contribution in [-0.2, 0) is 6.42 Å². The van der Waals surface area contributed by atoms with Crippen molar-refractivity contribution in [1.82, 2.24) is 4.90 Å². The second-order valence-electron chi connectivity index (χ2n) is 6.11. The van der Waals surface area contributed by atoms with E-state index in [-0.39, 0.29) is 11.7 Å². The van der Waals surface area contributed by atoms with Crippen molar-refractivity contribution in [2.24, 2.45) is 5.92 Å². The van der Waals surface area contributed by atoms with Crippen LogP contribution >= 0.6 is 0 Å². The van der Waals surface area contributed by atoms with Crippen LogP contribution in [0.5, 0.6) is 11.5 Å². The number of hydrogen-bond acceptors (Lipinski definition) is 4. The highest BCUT2D eigenvalue weighted by molar-refractivity contribution is 5.99. The largest absolute Gasteiger partial charge is 0.497 e. The van der Waals surface area contributed by atoms with Crippen LogP contribution < -0.4 is 9.47 Å². The van der Waals surface area contributed by atoms with Gasteiger partial charge in [0, 0.05) is 24.1 Å². The number of rotatable bonds is 8. The maximum absolute atomic E-state index is 13.1. The lowest BCUT2D eigenvalue weighted by Crippen LogP contribution is -2.29. The Morgan fingerprint density at radius 1 is 1.00 bits per heavy atom. The fourth-order valence-electron chi connectivity index (χ4n) is 2.76. The van der Waals surface area contributed by atoms with Gasteiger partial charge in [-0.1, -0.05) is 30.3 Å². The quantitative estimate of drug-likeness (QED) is 0.697. The first-order chi connectivity index (χ1) is 11.5. The van der Waals surface area contributed by atoms with Crippen molar-refractivity contribution >= 4 is 5.78 Å². The van der Waals surface area contributed by atoms with Crippen molar-refractivity contribution in [2.45, 2.75) is 6.42 Å². The predicted octanol–water partition coefficient (Wildman–Crippen LogP) is 3.31. The van der Waals surface area contributed by atoms with E-state index in [1.807, 2.05) is 37.2 Å². The third kappa shape index (κ3) is 4.83. The van der Waals surface area contributed by atoms with Crippen LogP contribution in [0.3, 0.4) is 0 Å². The first kappa shape index (κ1) is 18.0. The summed E-state index contributed by atoms with van der Waals surface area (Å²) in [6, 6.07) is 15.4. The number of hydrogen-bond donors (Lipinski definition) is 0. The molecule has 4 nitrogen and oxygen atoms in total. The first-order valence-corrected chi connectivity index (χ1v) is 7.99. The molecule has 0 spiro atoms. The van der Waals surface area contributed by atoms with Gasteiger partial charge in [0.25, 0.3) is 0 Å². The lowest BCUT2D eigenvalue weighted by molar-refractivity contribution is 0.0896. The Morgan fingerprint density at radius 3 is 2.08 bits per heavy atom. The molecule has 4 heteroatoms. The summed E-state index contributed by atoms with van der Waals surface area (Å²) < 4.78 is 10.6. The Kier molecular flexibility index (Phi) is 6.38. The highest BCUT2D eigenvalue weighted by Gasteiger charge is 2.22. The Labute approximate surface area is 144 Å². The number of carbonyl (C=O) groups excluding carboxylic acids is 1. The summed E-state index contributed by atoms with van der Waals surface area (Å²) in [5.41, 5.74) is 1.78. The number of benzene rings is 2. The fraction of sp³-hybridized carbons (Fsp3) is 0.350. The van der Waals surface area contributed by atoms with E-state index in [0.29, 0.717) is 30.0 Å². The highest BCUT2D eigenvalue weighted by Crippen LogP contribution is 2.25. The topological polar surface area (TPSA) is 38.8 Å². The zero-order chi connectivity index (χ0) is 17.5. The molecule has 0 fully saturated rings. The van der Waals surface area contributed by atoms with E-state index < -0.39 is 0 Å². The van der Waals surface area contributed by atoms with Gasteiger partial charge in [-0.2, -0.15) is 0 Å². The molecule has 0 N–H and O–H groups in total. The van der Waals surface area contributed by atoms with Gasteiger partial charge >= 0.3 is 0 Å². The monoisotopic (exact) mass is 327 g/mol. The summed E-state index contributed by atoms with van der Waals surface area (Å²) in [6.07, 6.45) is 0.706. The maximum Gasteiger partial charge on any atom is 0.167 e. The van der Waals surface area contributed by atoms with Gasteiger partial charge in [-0.25, -0.2) is 0 Å². The van der Waals surface area contributed by atoms with Crippen LogP contribution in [0.15, 0.2) is 48.5 Å². The van der Waals surface area contributed by atoms with Crippen LogP contribution in [0.25, 0.3) is 0 Å². The number of carbonyl (C=O) groups is 1. The second-order valence-corrected chi connectivity index (χ2v) is 6.11. The summed E-state index contributed by atoms with van der Waals surface area (Å²) in [5, 5.41) is 0. The fourth-order valence-corrected chi connectivity index (χ4v) is 2.76. The smallest absolute Gasteiger partial charge is 0.167 e. The molecule has 0 bridgehead atoms. The minimum absolute atomic E-state index is 0.102. The van der Waals surface area contributed by atoms with E-state index in [9.17, 15) is 4.79 Å². The Hall–Kier alpha value is -2.33. The maximum atomic E-state index is 13.1. The number of methoxy groups -OCH3 is 2. The van der Waals surface area contributed by atoms with Crippen molar-refractivity contribution < 1.29 is 14.3 Å². The van der Waals surface area contributed by atoms with Crippen LogP contribution in [0.4, 0.5) is 0 Å². The van der Waals surface area contributed by atoms with Crippen molar-refractivity contribution in [3.8, 4) is 11.5 Å². The average molecular weight is 327 g/mol. The number of ether oxygens (including phenoxy) is 2. The molecule has 0 heterocycles. The zero-order valence-corrected chi connectivity index (χ0v) is 14.8. The van der Waals surface area contributed by atoms with Crippen molar-refractivity contribution in [1.29, 1.82) is 0 Å². The Bertz CT molecular complexity index is 646. The molecule has 0 unspecified atom stereocenters. The van der Waals surface area contributed by atoms with Gasteiger partial charge in [0.15, 0.2) is 5.78 Å². The predicted molar refractivity (Wildman–Crippen MR) is 96.1 cm³/mol. The Balaban J connectivity index is 2.30. The molecule has 0 saturated carbocycles. The van der Waals surface area contributed by atoms with E-state index >= 15 is 0 Å². The van der Waals surface area contributed by atoms with Gasteiger partial charge in [0.1, 0.15) is 11.5 Å². The van der Waals surface area contributed by atoms with Crippen LogP contribution in [0, 0.1) is 5.92 Å². The number of Topliss-reactive ketones (excluding diaryl/α,β-unsaturated/α-hetero) is 1. The van der Waals surface area contributed by atoms with Gasteiger partial charge in [0.05, 0.1) is 14.2 Å². The Morgan fingerprint density at radius 2 is 1.58 bits per heavy atom. The number of nitrogens with zero attached hydrogens (tertiary/aromatic N) is 1. The van der Waals surface area contributed by atoms with Gasteiger partial charge in [-0.05, 0) is 38.2 Å². The molecule has 0 aromatic heterocycles. The number of ketones is 1. The van der Waals surface area contributed by atoms with Crippen molar-refractivity contribution in [2.75, 3.05) is 34.9 Å². The van der Waals surface area contributed by atoms with Crippen molar-refractivity contribution in [3.05, 3.63) is 59.7 Å². The van der Waals surface area contributed by atoms with Crippen LogP contribution in [0.2, 0.25) is 0 Å². The molecule has 1 atom stereocenters. The van der Waals surface area contributed by atoms with E-state index in [4.69, 9.17) is 9.47 Å². The minimum atomic E-state index is -0.126. The molecular formula is C20H25NO3. The molecule has 0 radical (unpaired) electrons. The SMILES string of the molecule is COc1cc(OC)cc(C(=O)[C@@H](Cc2ccccc2)CN(C)C)c1. The molecule has 2 rings (SSSR count). The molecule has 0 aliphatic heterocycles. The third-order valence-corrected chi connectivity index (χ3v) is 3.92. The zero-order valence-electron chi connectivity index (χ0n) is 14.8. The second kappa shape index (κ2) is 8.50. The van der Waals surface area contributed by atoms with Gasteiger partial charge in [0.2, 0.25) is 0 Å². The van der Waals surface area contributed by atoms with Crippen LogP contribution in [-0.4, -0.2) is 45.5 Å². The normalized spacial score (nSPS) is 12.0. The lowest BCUT2D eigenvalue weighted by atomic mass is 9.90. The van der Waals surface area contributed by atoms with Gasteiger partial charge in [-0.15, -0.1) is 0 Å². The van der Waals surface area contributed by atoms with E-state index in [2.05, 4.69) is 12.1 Å². The first-order valence-electron chi connectivity index (χ1n) is 7.99. The summed E-state index contributed by atoms with van der Waals surface area (Å²) in [7, 11) is 7.14. The minimum Gasteiger partial charge on any atom is -0.497 e. The summed E-state index contributed by atoms with van der Waals surface area (Å²) in [4.78, 5) is 15.1. The summed E-state index contributed by atoms with van der Waals surface area (Å²) in [5.74, 6) is 1.23.